The predicted octanol–water partition coefficient (Wildman–Crippen LogP) is 8.60. The van der Waals surface area contributed by atoms with E-state index in [0.717, 1.165) is 0 Å². The Morgan fingerprint density at radius 3 is 0.971 bits per heavy atom. The average Bonchev–Trinajstić information content (AvgIpc) is 3.43. The monoisotopic (exact) mass is 430 g/mol. The van der Waals surface area contributed by atoms with Crippen molar-refractivity contribution in [1.82, 2.24) is 0 Å². The third kappa shape index (κ3) is 2.79. The highest BCUT2D eigenvalue weighted by molar-refractivity contribution is 6.35. The lowest BCUT2D eigenvalue weighted by Gasteiger charge is -2.12. The van der Waals surface area contributed by atoms with Gasteiger partial charge in [0.05, 0.1) is 0 Å². The van der Waals surface area contributed by atoms with Gasteiger partial charge in [0.2, 0.25) is 0 Å². The van der Waals surface area contributed by atoms with E-state index >= 15 is 0 Å². The lowest BCUT2D eigenvalue weighted by Crippen LogP contribution is -1.92. The first kappa shape index (κ1) is 19.1. The van der Waals surface area contributed by atoms with E-state index in [0.29, 0.717) is 0 Å². The smallest absolute Gasteiger partial charge is 0.000763 e. The zero-order chi connectivity index (χ0) is 22.5. The van der Waals surface area contributed by atoms with Gasteiger partial charge in [-0.2, -0.15) is 0 Å². The SMILES string of the molecule is c1ccc(C2=C3C(=C(c4ccc(-c5ccccc5)cc4)c4ccccc43)c3ccccc32)cc1. The normalized spacial score (nSPS) is 13.6. The summed E-state index contributed by atoms with van der Waals surface area (Å²) in [5.74, 6) is 0. The molecule has 7 rings (SSSR count). The number of fused-ring (bicyclic) bond motifs is 5. The molecule has 0 saturated carbocycles. The Morgan fingerprint density at radius 2 is 0.500 bits per heavy atom. The number of rotatable bonds is 3. The van der Waals surface area contributed by atoms with Crippen molar-refractivity contribution in [3.63, 3.8) is 0 Å². The van der Waals surface area contributed by atoms with Crippen molar-refractivity contribution >= 4 is 22.3 Å². The molecule has 0 fully saturated rings. The molecule has 0 N–H and O–H groups in total. The van der Waals surface area contributed by atoms with Crippen molar-refractivity contribution in [1.29, 1.82) is 0 Å². The lowest BCUT2D eigenvalue weighted by molar-refractivity contribution is 1.52. The van der Waals surface area contributed by atoms with E-state index in [1.54, 1.807) is 0 Å². The maximum absolute atomic E-state index is 2.29. The van der Waals surface area contributed by atoms with Crippen LogP contribution in [0.4, 0.5) is 0 Å². The van der Waals surface area contributed by atoms with Crippen LogP contribution in [0.2, 0.25) is 0 Å². The molecule has 2 aliphatic carbocycles. The summed E-state index contributed by atoms with van der Waals surface area (Å²) in [4.78, 5) is 0. The van der Waals surface area contributed by atoms with Crippen molar-refractivity contribution < 1.29 is 0 Å². The zero-order valence-electron chi connectivity index (χ0n) is 18.7. The van der Waals surface area contributed by atoms with E-state index in [1.807, 2.05) is 0 Å². The summed E-state index contributed by atoms with van der Waals surface area (Å²) in [5, 5.41) is 0. The van der Waals surface area contributed by atoms with Gasteiger partial charge < -0.3 is 0 Å². The third-order valence-electron chi connectivity index (χ3n) is 7.02. The van der Waals surface area contributed by atoms with Gasteiger partial charge in [-0.1, -0.05) is 133 Å². The molecule has 34 heavy (non-hydrogen) atoms. The van der Waals surface area contributed by atoms with Crippen LogP contribution in [0.1, 0.15) is 33.4 Å². The zero-order valence-corrected chi connectivity index (χ0v) is 18.7. The Bertz CT molecular complexity index is 1600. The first-order valence-corrected chi connectivity index (χ1v) is 11.8. The molecule has 0 aliphatic heterocycles. The summed E-state index contributed by atoms with van der Waals surface area (Å²) < 4.78 is 0. The Balaban J connectivity index is 1.50. The molecule has 0 spiro atoms. The summed E-state index contributed by atoms with van der Waals surface area (Å²) in [7, 11) is 0. The Morgan fingerprint density at radius 1 is 0.206 bits per heavy atom. The number of benzene rings is 5. The van der Waals surface area contributed by atoms with Crippen LogP contribution in [0, 0.1) is 0 Å². The third-order valence-corrected chi connectivity index (χ3v) is 7.02. The molecule has 158 valence electrons. The second kappa shape index (κ2) is 7.57. The topological polar surface area (TPSA) is 0 Å². The van der Waals surface area contributed by atoms with Crippen LogP contribution in [0.15, 0.2) is 133 Å². The fraction of sp³-hybridized carbons (Fsp3) is 0. The van der Waals surface area contributed by atoms with Crippen molar-refractivity contribution in [2.75, 3.05) is 0 Å². The van der Waals surface area contributed by atoms with Crippen molar-refractivity contribution in [3.8, 4) is 11.1 Å². The fourth-order valence-corrected chi connectivity index (χ4v) is 5.56. The van der Waals surface area contributed by atoms with E-state index in [4.69, 9.17) is 0 Å². The van der Waals surface area contributed by atoms with Crippen molar-refractivity contribution in [3.05, 3.63) is 167 Å². The van der Waals surface area contributed by atoms with Crippen LogP contribution in [0.5, 0.6) is 0 Å². The number of allylic oxidation sites excluding steroid dienone is 2. The highest BCUT2D eigenvalue weighted by atomic mass is 14.4. The molecule has 5 aromatic carbocycles. The van der Waals surface area contributed by atoms with Gasteiger partial charge >= 0.3 is 0 Å². The quantitative estimate of drug-likeness (QED) is 0.269. The van der Waals surface area contributed by atoms with Gasteiger partial charge in [-0.05, 0) is 66.8 Å². The van der Waals surface area contributed by atoms with Crippen LogP contribution in [0.3, 0.4) is 0 Å². The largest absolute Gasteiger partial charge is 0.0622 e. The van der Waals surface area contributed by atoms with Gasteiger partial charge in [0.1, 0.15) is 0 Å². The van der Waals surface area contributed by atoms with Gasteiger partial charge in [-0.3, -0.25) is 0 Å². The molecule has 0 heteroatoms. The first-order valence-electron chi connectivity index (χ1n) is 11.8. The summed E-state index contributed by atoms with van der Waals surface area (Å²) in [5.41, 5.74) is 15.7. The van der Waals surface area contributed by atoms with Gasteiger partial charge in [0, 0.05) is 0 Å². The van der Waals surface area contributed by atoms with E-state index in [1.165, 1.54) is 66.8 Å². The molecule has 0 saturated heterocycles. The summed E-state index contributed by atoms with van der Waals surface area (Å²) in [6, 6.07) is 48.3. The second-order valence-corrected chi connectivity index (χ2v) is 8.90. The molecule has 0 nitrogen and oxygen atoms in total. The minimum Gasteiger partial charge on any atom is -0.0622 e. The van der Waals surface area contributed by atoms with Crippen molar-refractivity contribution in [2.24, 2.45) is 0 Å². The summed E-state index contributed by atoms with van der Waals surface area (Å²) >= 11 is 0. The maximum atomic E-state index is 2.29. The molecule has 0 atom stereocenters. The van der Waals surface area contributed by atoms with Gasteiger partial charge in [0.25, 0.3) is 0 Å². The highest BCUT2D eigenvalue weighted by Gasteiger charge is 2.36. The average molecular weight is 431 g/mol. The minimum absolute atomic E-state index is 1.24. The van der Waals surface area contributed by atoms with Gasteiger partial charge in [0.15, 0.2) is 0 Å². The van der Waals surface area contributed by atoms with Gasteiger partial charge in [-0.25, -0.2) is 0 Å². The van der Waals surface area contributed by atoms with E-state index in [9.17, 15) is 0 Å². The molecule has 0 aromatic heterocycles. The molecule has 0 heterocycles. The standard InChI is InChI=1S/C34H22/c1-3-11-23(12-4-1)24-19-21-26(22-20-24)32-28-16-8-10-18-30(28)33-31(25-13-5-2-6-14-25)27-15-7-9-17-29(27)34(32)33/h1-22H. The summed E-state index contributed by atoms with van der Waals surface area (Å²) in [6.07, 6.45) is 0. The first-order chi connectivity index (χ1) is 16.9. The molecule has 5 aromatic rings. The van der Waals surface area contributed by atoms with Crippen LogP contribution in [-0.4, -0.2) is 0 Å². The molecule has 0 unspecified atom stereocenters. The van der Waals surface area contributed by atoms with Gasteiger partial charge in [-0.15, -0.1) is 0 Å². The Hall–Kier alpha value is -4.42. The molecule has 2 aliphatic rings. The van der Waals surface area contributed by atoms with Crippen molar-refractivity contribution in [2.45, 2.75) is 0 Å². The van der Waals surface area contributed by atoms with E-state index < -0.39 is 0 Å². The van der Waals surface area contributed by atoms with E-state index in [-0.39, 0.29) is 0 Å². The second-order valence-electron chi connectivity index (χ2n) is 8.90. The minimum atomic E-state index is 1.24. The molecular formula is C34H22. The molecule has 0 amide bonds. The number of hydrogen-bond donors (Lipinski definition) is 0. The van der Waals surface area contributed by atoms with Crippen LogP contribution in [0.25, 0.3) is 33.4 Å². The van der Waals surface area contributed by atoms with Crippen LogP contribution >= 0.6 is 0 Å². The molecule has 0 radical (unpaired) electrons. The lowest BCUT2D eigenvalue weighted by atomic mass is 9.91. The Kier molecular flexibility index (Phi) is 4.25. The van der Waals surface area contributed by atoms with Crippen LogP contribution < -0.4 is 0 Å². The molecular weight excluding hydrogens is 408 g/mol. The van der Waals surface area contributed by atoms with Crippen LogP contribution in [-0.2, 0) is 0 Å². The number of hydrogen-bond acceptors (Lipinski definition) is 0. The molecule has 0 bridgehead atoms. The highest BCUT2D eigenvalue weighted by Crippen LogP contribution is 2.58. The summed E-state index contributed by atoms with van der Waals surface area (Å²) in [6.45, 7) is 0. The van der Waals surface area contributed by atoms with E-state index in [2.05, 4.69) is 133 Å². The Labute approximate surface area is 200 Å². The predicted molar refractivity (Wildman–Crippen MR) is 143 cm³/mol. The fourth-order valence-electron chi connectivity index (χ4n) is 5.56. The maximum Gasteiger partial charge on any atom is -0.000763 e.